The fourth-order valence-electron chi connectivity index (χ4n) is 11.1. The van der Waals surface area contributed by atoms with Crippen LogP contribution < -0.4 is 0 Å². The minimum Gasteiger partial charge on any atom is -0.481 e. The monoisotopic (exact) mass is 661 g/mol. The third kappa shape index (κ3) is 9.60. The number of unbranched alkanes of at least 4 members (excludes halogenated alkanes) is 7. The standard InChI is InChI=1S/C46H76O2/c1-8-9-10-11-12-13-14-15-16-17-18-19-20-21-22-39(44(47)48)37-29-31-45(6)38(33-37)25-26-40-42-28-27-41(46(42,7)32-30-43(40)45)36(5)24-23-35(4)34(2)3/h12-13,15-16,23-24,26,34-39,41-43H,8-11,14,17-22,25,27-33H2,1-7H3,(H,47,48)/b13-12-,16-15-,24-23+/t35-,36+,37-,38?,39?,41+,42-,43-,45-,46+/m0/s1. The average molecular weight is 661 g/mol. The molecule has 0 heterocycles. The summed E-state index contributed by atoms with van der Waals surface area (Å²) in [6, 6.07) is 0. The van der Waals surface area contributed by atoms with E-state index in [1.165, 1.54) is 83.5 Å². The maximum atomic E-state index is 12.6. The summed E-state index contributed by atoms with van der Waals surface area (Å²) in [6.07, 6.45) is 40.1. The van der Waals surface area contributed by atoms with E-state index in [9.17, 15) is 9.90 Å². The summed E-state index contributed by atoms with van der Waals surface area (Å²) < 4.78 is 0. The van der Waals surface area contributed by atoms with Gasteiger partial charge in [0.15, 0.2) is 0 Å². The molecule has 0 saturated heterocycles. The van der Waals surface area contributed by atoms with Gasteiger partial charge >= 0.3 is 5.97 Å². The molecular weight excluding hydrogens is 585 g/mol. The number of aliphatic carboxylic acids is 1. The largest absolute Gasteiger partial charge is 0.481 e. The molecule has 0 radical (unpaired) electrons. The molecule has 4 aliphatic carbocycles. The number of hydrogen-bond acceptors (Lipinski definition) is 1. The highest BCUT2D eigenvalue weighted by Crippen LogP contribution is 2.67. The summed E-state index contributed by atoms with van der Waals surface area (Å²) in [5.41, 5.74) is 2.63. The Morgan fingerprint density at radius 2 is 1.50 bits per heavy atom. The van der Waals surface area contributed by atoms with Gasteiger partial charge < -0.3 is 5.11 Å². The maximum Gasteiger partial charge on any atom is 0.306 e. The molecule has 1 N–H and O–H groups in total. The van der Waals surface area contributed by atoms with Gasteiger partial charge in [-0.3, -0.25) is 4.79 Å². The number of rotatable bonds is 19. The summed E-state index contributed by atoms with van der Waals surface area (Å²) in [6.45, 7) is 17.1. The van der Waals surface area contributed by atoms with Gasteiger partial charge in [-0.05, 0) is 148 Å². The van der Waals surface area contributed by atoms with E-state index in [0.29, 0.717) is 40.4 Å². The van der Waals surface area contributed by atoms with Crippen LogP contribution in [0.15, 0.2) is 48.1 Å². The van der Waals surface area contributed by atoms with Crippen molar-refractivity contribution in [3.05, 3.63) is 48.1 Å². The zero-order chi connectivity index (χ0) is 34.7. The van der Waals surface area contributed by atoms with Crippen LogP contribution in [0, 0.1) is 64.1 Å². The highest BCUT2D eigenvalue weighted by molar-refractivity contribution is 5.70. The topological polar surface area (TPSA) is 37.3 Å². The number of carboxylic acid groups (broad SMARTS) is 1. The molecule has 2 unspecified atom stereocenters. The molecule has 0 aliphatic heterocycles. The molecule has 3 fully saturated rings. The quantitative estimate of drug-likeness (QED) is 0.111. The normalized spacial score (nSPS) is 33.9. The van der Waals surface area contributed by atoms with Gasteiger partial charge in [0, 0.05) is 0 Å². The van der Waals surface area contributed by atoms with Crippen molar-refractivity contribution in [3.63, 3.8) is 0 Å². The van der Waals surface area contributed by atoms with Crippen molar-refractivity contribution >= 4 is 5.97 Å². The number of carbonyl (C=O) groups is 1. The lowest BCUT2D eigenvalue weighted by atomic mass is 9.46. The summed E-state index contributed by atoms with van der Waals surface area (Å²) in [5, 5.41) is 10.3. The molecule has 2 nitrogen and oxygen atoms in total. The van der Waals surface area contributed by atoms with Crippen molar-refractivity contribution in [2.45, 2.75) is 170 Å². The van der Waals surface area contributed by atoms with Crippen molar-refractivity contribution in [1.82, 2.24) is 0 Å². The van der Waals surface area contributed by atoms with Gasteiger partial charge in [-0.1, -0.05) is 129 Å². The van der Waals surface area contributed by atoms with E-state index in [2.05, 4.69) is 91.0 Å². The molecule has 4 aliphatic rings. The van der Waals surface area contributed by atoms with E-state index >= 15 is 0 Å². The number of carboxylic acids is 1. The van der Waals surface area contributed by atoms with Crippen LogP contribution in [-0.4, -0.2) is 11.1 Å². The molecule has 0 aromatic rings. The van der Waals surface area contributed by atoms with Gasteiger partial charge in [0.1, 0.15) is 0 Å². The minimum absolute atomic E-state index is 0.151. The maximum absolute atomic E-state index is 12.6. The van der Waals surface area contributed by atoms with Gasteiger partial charge in [0.05, 0.1) is 5.92 Å². The SMILES string of the molecule is CCCCC/C=C\C/C=C\CCCCCCC(C(=O)O)[C@H]1CC[C@@]2(C)C(CC=C3[C@@H]4CC[C@H]([C@H](C)/C=C/[C@H](C)C(C)C)[C@@]4(C)CC[C@@H]32)C1. The molecule has 0 aromatic carbocycles. The molecule has 4 rings (SSSR count). The molecule has 2 heteroatoms. The Morgan fingerprint density at radius 3 is 2.19 bits per heavy atom. The zero-order valence-electron chi connectivity index (χ0n) is 32.5. The van der Waals surface area contributed by atoms with E-state index in [-0.39, 0.29) is 5.92 Å². The van der Waals surface area contributed by atoms with Crippen molar-refractivity contribution in [1.29, 1.82) is 0 Å². The Morgan fingerprint density at radius 1 is 0.833 bits per heavy atom. The van der Waals surface area contributed by atoms with Crippen LogP contribution in [0.3, 0.4) is 0 Å². The third-order valence-electron chi connectivity index (χ3n) is 14.7. The number of fused-ring (bicyclic) bond motifs is 5. The van der Waals surface area contributed by atoms with Crippen molar-refractivity contribution in [2.24, 2.45) is 64.1 Å². The lowest BCUT2D eigenvalue weighted by Gasteiger charge is -2.58. The van der Waals surface area contributed by atoms with Crippen molar-refractivity contribution in [2.75, 3.05) is 0 Å². The van der Waals surface area contributed by atoms with Gasteiger partial charge in [0.2, 0.25) is 0 Å². The highest BCUT2D eigenvalue weighted by atomic mass is 16.4. The molecule has 3 saturated carbocycles. The Bertz CT molecular complexity index is 1110. The molecule has 0 bridgehead atoms. The van der Waals surface area contributed by atoms with Crippen molar-refractivity contribution in [3.8, 4) is 0 Å². The first kappa shape index (κ1) is 39.2. The summed E-state index contributed by atoms with van der Waals surface area (Å²) >= 11 is 0. The average Bonchev–Trinajstić information content (AvgIpc) is 3.42. The van der Waals surface area contributed by atoms with Gasteiger partial charge in [-0.2, -0.15) is 0 Å². The first-order valence-corrected chi connectivity index (χ1v) is 20.9. The lowest BCUT2D eigenvalue weighted by molar-refractivity contribution is -0.146. The van der Waals surface area contributed by atoms with Crippen LogP contribution in [0.5, 0.6) is 0 Å². The third-order valence-corrected chi connectivity index (χ3v) is 14.7. The summed E-state index contributed by atoms with van der Waals surface area (Å²) in [7, 11) is 0. The molecule has 0 aromatic heterocycles. The number of allylic oxidation sites excluding steroid dienone is 8. The van der Waals surface area contributed by atoms with Crippen LogP contribution in [0.2, 0.25) is 0 Å². The number of hydrogen-bond donors (Lipinski definition) is 1. The molecule has 0 amide bonds. The highest BCUT2D eigenvalue weighted by Gasteiger charge is 2.58. The van der Waals surface area contributed by atoms with E-state index in [1.54, 1.807) is 0 Å². The molecule has 48 heavy (non-hydrogen) atoms. The second-order valence-electron chi connectivity index (χ2n) is 18.0. The van der Waals surface area contributed by atoms with Gasteiger partial charge in [-0.15, -0.1) is 0 Å². The van der Waals surface area contributed by atoms with Crippen LogP contribution in [0.25, 0.3) is 0 Å². The molecule has 0 spiro atoms. The predicted octanol–water partition coefficient (Wildman–Crippen LogP) is 13.8. The molecule has 272 valence electrons. The predicted molar refractivity (Wildman–Crippen MR) is 207 cm³/mol. The van der Waals surface area contributed by atoms with E-state index in [4.69, 9.17) is 0 Å². The van der Waals surface area contributed by atoms with Gasteiger partial charge in [-0.25, -0.2) is 0 Å². The Labute approximate surface area is 297 Å². The van der Waals surface area contributed by atoms with Crippen molar-refractivity contribution < 1.29 is 9.90 Å². The Hall–Kier alpha value is -1.57. The van der Waals surface area contributed by atoms with E-state index in [0.717, 1.165) is 56.3 Å². The summed E-state index contributed by atoms with van der Waals surface area (Å²) in [5.74, 6) is 4.62. The Kier molecular flexibility index (Phi) is 15.2. The van der Waals surface area contributed by atoms with Crippen LogP contribution >= 0.6 is 0 Å². The molecular formula is C46H76O2. The van der Waals surface area contributed by atoms with Crippen LogP contribution in [0.4, 0.5) is 0 Å². The minimum atomic E-state index is -0.530. The van der Waals surface area contributed by atoms with Crippen LogP contribution in [-0.2, 0) is 4.79 Å². The van der Waals surface area contributed by atoms with Gasteiger partial charge in [0.25, 0.3) is 0 Å². The Balaban J connectivity index is 1.25. The van der Waals surface area contributed by atoms with Crippen LogP contribution in [0.1, 0.15) is 170 Å². The second-order valence-corrected chi connectivity index (χ2v) is 18.0. The first-order chi connectivity index (χ1) is 23.0. The second kappa shape index (κ2) is 18.6. The van der Waals surface area contributed by atoms with E-state index in [1.807, 2.05) is 5.57 Å². The fraction of sp³-hybridized carbons (Fsp3) is 0.804. The first-order valence-electron chi connectivity index (χ1n) is 20.9. The lowest BCUT2D eigenvalue weighted by Crippen LogP contribution is -2.50. The van der Waals surface area contributed by atoms with E-state index < -0.39 is 5.97 Å². The molecule has 10 atom stereocenters. The summed E-state index contributed by atoms with van der Waals surface area (Å²) in [4.78, 5) is 12.6. The smallest absolute Gasteiger partial charge is 0.306 e. The zero-order valence-corrected chi connectivity index (χ0v) is 32.5. The fourth-order valence-corrected chi connectivity index (χ4v) is 11.1.